The van der Waals surface area contributed by atoms with Crippen molar-refractivity contribution in [2.24, 2.45) is 0 Å². The summed E-state index contributed by atoms with van der Waals surface area (Å²) in [7, 11) is 0. The third-order valence-electron chi connectivity index (χ3n) is 3.64. The van der Waals surface area contributed by atoms with E-state index in [0.717, 1.165) is 26.2 Å². The van der Waals surface area contributed by atoms with E-state index in [2.05, 4.69) is 80.1 Å². The van der Waals surface area contributed by atoms with Gasteiger partial charge in [0.25, 0.3) is 0 Å². The van der Waals surface area contributed by atoms with Gasteiger partial charge in [-0.3, -0.25) is 4.90 Å². The van der Waals surface area contributed by atoms with Gasteiger partial charge < -0.3 is 4.90 Å². The fourth-order valence-corrected chi connectivity index (χ4v) is 2.35. The summed E-state index contributed by atoms with van der Waals surface area (Å²) in [5.41, 5.74) is 1.37. The summed E-state index contributed by atoms with van der Waals surface area (Å²) in [5, 5.41) is 0. The summed E-state index contributed by atoms with van der Waals surface area (Å²) in [6.07, 6.45) is 4.57. The second-order valence-corrected chi connectivity index (χ2v) is 4.64. The molecule has 0 aliphatic rings. The van der Waals surface area contributed by atoms with Crippen LogP contribution in [-0.2, 0) is 0 Å². The second kappa shape index (κ2) is 8.76. The fraction of sp³-hybridized carbons (Fsp3) is 0.529. The summed E-state index contributed by atoms with van der Waals surface area (Å²) in [5.74, 6) is 0. The maximum atomic E-state index is 2.48. The predicted octanol–water partition coefficient (Wildman–Crippen LogP) is 3.93. The first-order chi connectivity index (χ1) is 9.26. The summed E-state index contributed by atoms with van der Waals surface area (Å²) < 4.78 is 0. The molecule has 0 amide bonds. The SMILES string of the molecule is CCN(C=CC(c1ccccc1)N(CC)CC)CC. The van der Waals surface area contributed by atoms with Gasteiger partial charge in [-0.25, -0.2) is 0 Å². The molecule has 1 unspecified atom stereocenters. The van der Waals surface area contributed by atoms with E-state index in [0.29, 0.717) is 6.04 Å². The molecule has 0 aromatic heterocycles. The Morgan fingerprint density at radius 1 is 0.895 bits per heavy atom. The third-order valence-corrected chi connectivity index (χ3v) is 3.64. The van der Waals surface area contributed by atoms with Crippen LogP contribution >= 0.6 is 0 Å². The largest absolute Gasteiger partial charge is 0.378 e. The monoisotopic (exact) mass is 260 g/mol. The first-order valence-electron chi connectivity index (χ1n) is 7.48. The Labute approximate surface area is 118 Å². The predicted molar refractivity (Wildman–Crippen MR) is 84.2 cm³/mol. The molecular weight excluding hydrogens is 232 g/mol. The lowest BCUT2D eigenvalue weighted by atomic mass is 10.1. The van der Waals surface area contributed by atoms with Crippen molar-refractivity contribution in [1.82, 2.24) is 9.80 Å². The number of hydrogen-bond donors (Lipinski definition) is 0. The Morgan fingerprint density at radius 3 is 1.95 bits per heavy atom. The highest BCUT2D eigenvalue weighted by Gasteiger charge is 2.14. The summed E-state index contributed by atoms with van der Waals surface area (Å²) >= 11 is 0. The zero-order chi connectivity index (χ0) is 14.1. The molecular formula is C17H28N2. The van der Waals surface area contributed by atoms with E-state index in [9.17, 15) is 0 Å². The molecule has 106 valence electrons. The van der Waals surface area contributed by atoms with Crippen molar-refractivity contribution in [2.75, 3.05) is 26.2 Å². The normalized spacial score (nSPS) is 13.1. The van der Waals surface area contributed by atoms with E-state index in [-0.39, 0.29) is 0 Å². The van der Waals surface area contributed by atoms with Gasteiger partial charge in [0.1, 0.15) is 0 Å². The highest BCUT2D eigenvalue weighted by Crippen LogP contribution is 2.21. The zero-order valence-electron chi connectivity index (χ0n) is 12.8. The highest BCUT2D eigenvalue weighted by atomic mass is 15.1. The van der Waals surface area contributed by atoms with Gasteiger partial charge in [0, 0.05) is 13.1 Å². The van der Waals surface area contributed by atoms with Crippen LogP contribution in [0.4, 0.5) is 0 Å². The van der Waals surface area contributed by atoms with Crippen LogP contribution in [0.15, 0.2) is 42.6 Å². The van der Waals surface area contributed by atoms with Crippen LogP contribution in [0.1, 0.15) is 39.3 Å². The van der Waals surface area contributed by atoms with E-state index < -0.39 is 0 Å². The maximum Gasteiger partial charge on any atom is 0.0548 e. The molecule has 0 N–H and O–H groups in total. The van der Waals surface area contributed by atoms with Gasteiger partial charge in [0.2, 0.25) is 0 Å². The summed E-state index contributed by atoms with van der Waals surface area (Å²) in [4.78, 5) is 4.81. The Balaban J connectivity index is 2.93. The molecule has 0 saturated heterocycles. The molecule has 0 saturated carbocycles. The number of likely N-dealkylation sites (N-methyl/N-ethyl adjacent to an activating group) is 1. The van der Waals surface area contributed by atoms with Crippen molar-refractivity contribution >= 4 is 0 Å². The zero-order valence-corrected chi connectivity index (χ0v) is 12.8. The Morgan fingerprint density at radius 2 is 1.47 bits per heavy atom. The van der Waals surface area contributed by atoms with Gasteiger partial charge in [-0.1, -0.05) is 44.2 Å². The van der Waals surface area contributed by atoms with E-state index >= 15 is 0 Å². The lowest BCUT2D eigenvalue weighted by molar-refractivity contribution is 0.254. The number of rotatable bonds is 8. The molecule has 0 radical (unpaired) electrons. The average Bonchev–Trinajstić information content (AvgIpc) is 2.48. The van der Waals surface area contributed by atoms with Gasteiger partial charge >= 0.3 is 0 Å². The second-order valence-electron chi connectivity index (χ2n) is 4.64. The van der Waals surface area contributed by atoms with Crippen LogP contribution in [0.25, 0.3) is 0 Å². The van der Waals surface area contributed by atoms with Crippen LogP contribution in [0, 0.1) is 0 Å². The molecule has 2 nitrogen and oxygen atoms in total. The Kier molecular flexibility index (Phi) is 7.27. The van der Waals surface area contributed by atoms with Gasteiger partial charge in [-0.2, -0.15) is 0 Å². The molecule has 1 aromatic carbocycles. The van der Waals surface area contributed by atoms with Gasteiger partial charge in [-0.05, 0) is 44.8 Å². The molecule has 0 heterocycles. The van der Waals surface area contributed by atoms with E-state index in [1.165, 1.54) is 5.56 Å². The van der Waals surface area contributed by atoms with Crippen molar-refractivity contribution < 1.29 is 0 Å². The standard InChI is InChI=1S/C17H28N2/c1-5-18(6-2)15-14-17(19(7-3)8-4)16-12-10-9-11-13-16/h9-15,17H,5-8H2,1-4H3. The van der Waals surface area contributed by atoms with Gasteiger partial charge in [-0.15, -0.1) is 0 Å². The minimum absolute atomic E-state index is 0.372. The number of hydrogen-bond acceptors (Lipinski definition) is 2. The molecule has 2 heteroatoms. The molecule has 1 rings (SSSR count). The molecule has 1 atom stereocenters. The van der Waals surface area contributed by atoms with Crippen LogP contribution in [0.5, 0.6) is 0 Å². The molecule has 1 aromatic rings. The number of nitrogens with zero attached hydrogens (tertiary/aromatic N) is 2. The summed E-state index contributed by atoms with van der Waals surface area (Å²) in [6.45, 7) is 13.1. The van der Waals surface area contributed by atoms with Crippen LogP contribution in [0.2, 0.25) is 0 Å². The van der Waals surface area contributed by atoms with Crippen LogP contribution < -0.4 is 0 Å². The quantitative estimate of drug-likeness (QED) is 0.699. The van der Waals surface area contributed by atoms with Crippen molar-refractivity contribution in [2.45, 2.75) is 33.7 Å². The fourth-order valence-electron chi connectivity index (χ4n) is 2.35. The van der Waals surface area contributed by atoms with E-state index in [1.54, 1.807) is 0 Å². The molecule has 0 aliphatic heterocycles. The van der Waals surface area contributed by atoms with E-state index in [4.69, 9.17) is 0 Å². The topological polar surface area (TPSA) is 6.48 Å². The highest BCUT2D eigenvalue weighted by molar-refractivity contribution is 5.23. The van der Waals surface area contributed by atoms with Crippen molar-refractivity contribution in [3.63, 3.8) is 0 Å². The maximum absolute atomic E-state index is 2.48. The molecule has 0 aliphatic carbocycles. The van der Waals surface area contributed by atoms with Crippen molar-refractivity contribution in [3.8, 4) is 0 Å². The van der Waals surface area contributed by atoms with Crippen molar-refractivity contribution in [1.29, 1.82) is 0 Å². The Bertz CT molecular complexity index is 351. The van der Waals surface area contributed by atoms with Gasteiger partial charge in [0.15, 0.2) is 0 Å². The summed E-state index contributed by atoms with van der Waals surface area (Å²) in [6, 6.07) is 11.1. The lowest BCUT2D eigenvalue weighted by Gasteiger charge is -2.28. The van der Waals surface area contributed by atoms with E-state index in [1.807, 2.05) is 0 Å². The molecule has 0 spiro atoms. The lowest BCUT2D eigenvalue weighted by Crippen LogP contribution is -2.28. The average molecular weight is 260 g/mol. The Hall–Kier alpha value is -1.28. The van der Waals surface area contributed by atoms with Crippen LogP contribution in [-0.4, -0.2) is 36.0 Å². The van der Waals surface area contributed by atoms with Crippen LogP contribution in [0.3, 0.4) is 0 Å². The smallest absolute Gasteiger partial charge is 0.0548 e. The molecule has 0 fully saturated rings. The van der Waals surface area contributed by atoms with Crippen molar-refractivity contribution in [3.05, 3.63) is 48.2 Å². The van der Waals surface area contributed by atoms with Gasteiger partial charge in [0.05, 0.1) is 6.04 Å². The molecule has 19 heavy (non-hydrogen) atoms. The third kappa shape index (κ3) is 4.71. The first-order valence-corrected chi connectivity index (χ1v) is 7.48. The number of benzene rings is 1. The minimum atomic E-state index is 0.372. The minimum Gasteiger partial charge on any atom is -0.378 e. The first kappa shape index (κ1) is 15.8. The molecule has 0 bridgehead atoms.